The Morgan fingerprint density at radius 1 is 1.00 bits per heavy atom. The van der Waals surface area contributed by atoms with Gasteiger partial charge in [-0.1, -0.05) is 12.1 Å². The third-order valence-corrected chi connectivity index (χ3v) is 5.31. The number of halogens is 2. The van der Waals surface area contributed by atoms with E-state index in [1.54, 1.807) is 19.5 Å². The van der Waals surface area contributed by atoms with Crippen LogP contribution in [0.5, 0.6) is 5.75 Å². The van der Waals surface area contributed by atoms with Crippen LogP contribution in [0, 0.1) is 18.6 Å². The molecule has 7 heteroatoms. The average Bonchev–Trinajstić information content (AvgIpc) is 2.79. The SMILES string of the molecule is COc1ccc(CN(C)c2cc3ncc(-c4cc(N)c(F)c(F)c4C)cc3cn2)cc1. The number of nitrogen functional groups attached to an aromatic ring is 1. The number of benzene rings is 2. The molecule has 0 radical (unpaired) electrons. The van der Waals surface area contributed by atoms with Gasteiger partial charge in [-0.2, -0.15) is 0 Å². The molecule has 2 aromatic heterocycles. The van der Waals surface area contributed by atoms with Crippen molar-refractivity contribution in [2.45, 2.75) is 13.5 Å². The summed E-state index contributed by atoms with van der Waals surface area (Å²) in [6.45, 7) is 2.20. The topological polar surface area (TPSA) is 64.3 Å². The summed E-state index contributed by atoms with van der Waals surface area (Å²) in [5, 5.41) is 0.793. The fourth-order valence-electron chi connectivity index (χ4n) is 3.49. The lowest BCUT2D eigenvalue weighted by molar-refractivity contribution is 0.414. The number of rotatable bonds is 5. The van der Waals surface area contributed by atoms with Crippen LogP contribution in [-0.4, -0.2) is 24.1 Å². The zero-order valence-corrected chi connectivity index (χ0v) is 17.5. The Bertz CT molecular complexity index is 1260. The highest BCUT2D eigenvalue weighted by molar-refractivity contribution is 5.85. The number of ether oxygens (including phenoxy) is 1. The number of fused-ring (bicyclic) bond motifs is 1. The van der Waals surface area contributed by atoms with Gasteiger partial charge in [0.05, 0.1) is 18.3 Å². The predicted molar refractivity (Wildman–Crippen MR) is 119 cm³/mol. The second-order valence-electron chi connectivity index (χ2n) is 7.43. The van der Waals surface area contributed by atoms with Crippen molar-refractivity contribution < 1.29 is 13.5 Å². The molecular weight excluding hydrogens is 398 g/mol. The highest BCUT2D eigenvalue weighted by atomic mass is 19.2. The van der Waals surface area contributed by atoms with Crippen molar-refractivity contribution in [3.63, 3.8) is 0 Å². The Kier molecular flexibility index (Phi) is 5.42. The molecule has 0 aliphatic rings. The number of hydrogen-bond acceptors (Lipinski definition) is 5. The number of hydrogen-bond donors (Lipinski definition) is 1. The molecule has 0 saturated heterocycles. The van der Waals surface area contributed by atoms with Crippen LogP contribution in [0.4, 0.5) is 20.3 Å². The van der Waals surface area contributed by atoms with Crippen LogP contribution in [-0.2, 0) is 6.54 Å². The number of nitrogens with two attached hydrogens (primary N) is 1. The molecule has 0 amide bonds. The smallest absolute Gasteiger partial charge is 0.181 e. The maximum absolute atomic E-state index is 14.1. The summed E-state index contributed by atoms with van der Waals surface area (Å²) in [4.78, 5) is 11.1. The molecule has 4 aromatic rings. The van der Waals surface area contributed by atoms with E-state index in [0.717, 1.165) is 28.0 Å². The Morgan fingerprint density at radius 2 is 1.74 bits per heavy atom. The van der Waals surface area contributed by atoms with Crippen molar-refractivity contribution in [2.75, 3.05) is 24.8 Å². The van der Waals surface area contributed by atoms with E-state index in [1.165, 1.54) is 13.0 Å². The monoisotopic (exact) mass is 420 g/mol. The van der Waals surface area contributed by atoms with E-state index < -0.39 is 11.6 Å². The average molecular weight is 420 g/mol. The van der Waals surface area contributed by atoms with E-state index >= 15 is 0 Å². The van der Waals surface area contributed by atoms with E-state index in [2.05, 4.69) is 9.97 Å². The summed E-state index contributed by atoms with van der Waals surface area (Å²) in [6.07, 6.45) is 3.36. The lowest BCUT2D eigenvalue weighted by Gasteiger charge is -2.19. The first kappa shape index (κ1) is 20.5. The minimum Gasteiger partial charge on any atom is -0.497 e. The number of nitrogens with zero attached hydrogens (tertiary/aromatic N) is 3. The molecular formula is C24H22F2N4O. The third-order valence-electron chi connectivity index (χ3n) is 5.31. The summed E-state index contributed by atoms with van der Waals surface area (Å²) in [6, 6.07) is 13.0. The molecule has 2 heterocycles. The summed E-state index contributed by atoms with van der Waals surface area (Å²) >= 11 is 0. The van der Waals surface area contributed by atoms with Crippen molar-refractivity contribution in [2.24, 2.45) is 0 Å². The Balaban J connectivity index is 1.62. The fraction of sp³-hybridized carbons (Fsp3) is 0.167. The van der Waals surface area contributed by atoms with Gasteiger partial charge in [0.15, 0.2) is 11.6 Å². The van der Waals surface area contributed by atoms with Gasteiger partial charge in [0.1, 0.15) is 11.6 Å². The van der Waals surface area contributed by atoms with Crippen molar-refractivity contribution in [3.8, 4) is 16.9 Å². The molecule has 4 rings (SSSR count). The number of aromatic nitrogens is 2. The van der Waals surface area contributed by atoms with Gasteiger partial charge in [0.25, 0.3) is 0 Å². The van der Waals surface area contributed by atoms with E-state index in [-0.39, 0.29) is 11.3 Å². The standard InChI is InChI=1S/C24H22F2N4O/c1-14-19(9-20(27)24(26)23(14)25)16-8-17-12-29-22(10-21(17)28-11-16)30(2)13-15-4-6-18(31-3)7-5-15/h4-12H,13,27H2,1-3H3. The molecule has 0 atom stereocenters. The fourth-order valence-corrected chi connectivity index (χ4v) is 3.49. The molecule has 0 bridgehead atoms. The lowest BCUT2D eigenvalue weighted by Crippen LogP contribution is -2.17. The second-order valence-corrected chi connectivity index (χ2v) is 7.43. The van der Waals surface area contributed by atoms with Crippen LogP contribution in [0.3, 0.4) is 0 Å². The highest BCUT2D eigenvalue weighted by Gasteiger charge is 2.16. The molecule has 5 nitrogen and oxygen atoms in total. The van der Waals surface area contributed by atoms with E-state index in [4.69, 9.17) is 10.5 Å². The van der Waals surface area contributed by atoms with E-state index in [9.17, 15) is 8.78 Å². The predicted octanol–water partition coefficient (Wildman–Crippen LogP) is 5.11. The lowest BCUT2D eigenvalue weighted by atomic mass is 9.99. The summed E-state index contributed by atoms with van der Waals surface area (Å²) < 4.78 is 33.0. The molecule has 2 aromatic carbocycles. The van der Waals surface area contributed by atoms with Crippen LogP contribution in [0.25, 0.3) is 22.0 Å². The molecule has 158 valence electrons. The molecule has 0 saturated carbocycles. The maximum atomic E-state index is 14.1. The molecule has 2 N–H and O–H groups in total. The molecule has 0 aliphatic heterocycles. The number of methoxy groups -OCH3 is 1. The van der Waals surface area contributed by atoms with Gasteiger partial charge in [0, 0.05) is 43.0 Å². The van der Waals surface area contributed by atoms with Crippen LogP contribution in [0.1, 0.15) is 11.1 Å². The van der Waals surface area contributed by atoms with E-state index in [0.29, 0.717) is 17.7 Å². The zero-order chi connectivity index (χ0) is 22.1. The third kappa shape index (κ3) is 3.99. The van der Waals surface area contributed by atoms with Crippen LogP contribution < -0.4 is 15.4 Å². The van der Waals surface area contributed by atoms with Crippen molar-refractivity contribution in [1.82, 2.24) is 9.97 Å². The minimum absolute atomic E-state index is 0.191. The van der Waals surface area contributed by atoms with Gasteiger partial charge >= 0.3 is 0 Å². The minimum atomic E-state index is -1.03. The normalized spacial score (nSPS) is 11.0. The van der Waals surface area contributed by atoms with Gasteiger partial charge in [-0.05, 0) is 47.9 Å². The van der Waals surface area contributed by atoms with Gasteiger partial charge < -0.3 is 15.4 Å². The van der Waals surface area contributed by atoms with Crippen LogP contribution in [0.15, 0.2) is 54.9 Å². The highest BCUT2D eigenvalue weighted by Crippen LogP contribution is 2.31. The van der Waals surface area contributed by atoms with Crippen molar-refractivity contribution >= 4 is 22.4 Å². The van der Waals surface area contributed by atoms with Gasteiger partial charge in [-0.25, -0.2) is 13.8 Å². The Labute approximate surface area is 179 Å². The molecule has 0 aliphatic carbocycles. The maximum Gasteiger partial charge on any atom is 0.181 e. The zero-order valence-electron chi connectivity index (χ0n) is 17.5. The molecule has 31 heavy (non-hydrogen) atoms. The largest absolute Gasteiger partial charge is 0.497 e. The summed E-state index contributed by atoms with van der Waals surface area (Å²) in [5.74, 6) is -0.380. The van der Waals surface area contributed by atoms with Gasteiger partial charge in [-0.3, -0.25) is 4.98 Å². The Morgan fingerprint density at radius 3 is 2.45 bits per heavy atom. The van der Waals surface area contributed by atoms with E-state index in [1.807, 2.05) is 48.3 Å². The van der Waals surface area contributed by atoms with Crippen molar-refractivity contribution in [3.05, 3.63) is 77.6 Å². The first-order chi connectivity index (χ1) is 14.9. The molecule has 0 fully saturated rings. The van der Waals surface area contributed by atoms with Crippen LogP contribution >= 0.6 is 0 Å². The number of pyridine rings is 2. The first-order valence-corrected chi connectivity index (χ1v) is 9.71. The summed E-state index contributed by atoms with van der Waals surface area (Å²) in [5.41, 5.74) is 8.61. The first-order valence-electron chi connectivity index (χ1n) is 9.71. The van der Waals surface area contributed by atoms with Crippen molar-refractivity contribution in [1.29, 1.82) is 0 Å². The van der Waals surface area contributed by atoms with Gasteiger partial charge in [0.2, 0.25) is 0 Å². The summed E-state index contributed by atoms with van der Waals surface area (Å²) in [7, 11) is 3.60. The molecule has 0 unspecified atom stereocenters. The molecule has 0 spiro atoms. The Hall–Kier alpha value is -3.74. The van der Waals surface area contributed by atoms with Crippen LogP contribution in [0.2, 0.25) is 0 Å². The quantitative estimate of drug-likeness (QED) is 0.455. The number of anilines is 2. The second kappa shape index (κ2) is 8.18. The van der Waals surface area contributed by atoms with Gasteiger partial charge in [-0.15, -0.1) is 0 Å².